The summed E-state index contributed by atoms with van der Waals surface area (Å²) < 4.78 is 11.4. The Kier molecular flexibility index (Phi) is 6.82. The predicted molar refractivity (Wildman–Crippen MR) is 83.6 cm³/mol. The van der Waals surface area contributed by atoms with Gasteiger partial charge in [0, 0.05) is 12.5 Å². The smallest absolute Gasteiger partial charge is 0.303 e. The first-order valence-electron chi connectivity index (χ1n) is 7.17. The van der Waals surface area contributed by atoms with E-state index in [2.05, 4.69) is 0 Å². The number of aryl methyl sites for hydroxylation is 1. The summed E-state index contributed by atoms with van der Waals surface area (Å²) in [4.78, 5) is 10.6. The van der Waals surface area contributed by atoms with Gasteiger partial charge in [-0.1, -0.05) is 11.6 Å². The third kappa shape index (κ3) is 6.25. The molecule has 0 atom stereocenters. The van der Waals surface area contributed by atoms with Crippen LogP contribution in [0.25, 0.3) is 0 Å². The van der Waals surface area contributed by atoms with E-state index in [0.29, 0.717) is 29.4 Å². The van der Waals surface area contributed by atoms with Crippen molar-refractivity contribution < 1.29 is 19.4 Å². The summed E-state index contributed by atoms with van der Waals surface area (Å²) in [6, 6.07) is 3.59. The number of hydrogen-bond acceptors (Lipinski definition) is 3. The third-order valence-electron chi connectivity index (χ3n) is 2.68. The van der Waals surface area contributed by atoms with E-state index in [-0.39, 0.29) is 18.6 Å². The summed E-state index contributed by atoms with van der Waals surface area (Å²) in [6.07, 6.45) is 1.33. The molecule has 21 heavy (non-hydrogen) atoms. The van der Waals surface area contributed by atoms with E-state index in [0.717, 1.165) is 5.56 Å². The van der Waals surface area contributed by atoms with Crippen LogP contribution < -0.4 is 9.47 Å². The minimum atomic E-state index is -0.797. The van der Waals surface area contributed by atoms with Gasteiger partial charge in [0.1, 0.15) is 11.5 Å². The van der Waals surface area contributed by atoms with E-state index >= 15 is 0 Å². The molecular weight excluding hydrogens is 292 g/mol. The Morgan fingerprint density at radius 1 is 1.14 bits per heavy atom. The second-order valence-corrected chi connectivity index (χ2v) is 5.88. The van der Waals surface area contributed by atoms with Gasteiger partial charge in [-0.25, -0.2) is 0 Å². The van der Waals surface area contributed by atoms with Crippen LogP contribution in [0.4, 0.5) is 0 Å². The Labute approximate surface area is 131 Å². The molecule has 1 aromatic rings. The molecule has 0 heterocycles. The van der Waals surface area contributed by atoms with Crippen molar-refractivity contribution in [2.75, 3.05) is 0 Å². The molecule has 0 saturated carbocycles. The summed E-state index contributed by atoms with van der Waals surface area (Å²) in [7, 11) is 0. The maximum absolute atomic E-state index is 10.6. The topological polar surface area (TPSA) is 55.8 Å². The molecule has 0 amide bonds. The molecule has 0 aliphatic heterocycles. The van der Waals surface area contributed by atoms with Crippen molar-refractivity contribution >= 4 is 17.6 Å². The zero-order valence-electron chi connectivity index (χ0n) is 13.0. The van der Waals surface area contributed by atoms with Crippen LogP contribution in [0.5, 0.6) is 11.5 Å². The zero-order valence-corrected chi connectivity index (χ0v) is 13.7. The number of carboxylic acids is 1. The highest BCUT2D eigenvalue weighted by molar-refractivity contribution is 6.32. The molecule has 1 N–H and O–H groups in total. The van der Waals surface area contributed by atoms with E-state index < -0.39 is 5.97 Å². The van der Waals surface area contributed by atoms with Gasteiger partial charge in [0.05, 0.1) is 17.2 Å². The Morgan fingerprint density at radius 3 is 2.24 bits per heavy atom. The Hall–Kier alpha value is -1.42. The highest BCUT2D eigenvalue weighted by Gasteiger charge is 2.13. The van der Waals surface area contributed by atoms with Crippen LogP contribution in [0.2, 0.25) is 5.02 Å². The normalized spacial score (nSPS) is 11.0. The van der Waals surface area contributed by atoms with Crippen molar-refractivity contribution in [3.05, 3.63) is 22.7 Å². The standard InChI is InChI=1S/C16H23ClO4/c1-10(2)20-14-9-13(17)15(21-11(3)4)8-12(14)6-5-7-16(18)19/h8-11H,5-7H2,1-4H3,(H,18,19). The van der Waals surface area contributed by atoms with Gasteiger partial charge in [0.15, 0.2) is 0 Å². The van der Waals surface area contributed by atoms with Crippen molar-refractivity contribution in [2.45, 2.75) is 59.2 Å². The van der Waals surface area contributed by atoms with Crippen molar-refractivity contribution in [1.29, 1.82) is 0 Å². The molecule has 4 nitrogen and oxygen atoms in total. The Morgan fingerprint density at radius 2 is 1.71 bits per heavy atom. The molecule has 1 aromatic carbocycles. The first kappa shape index (κ1) is 17.6. The Bertz CT molecular complexity index is 483. The highest BCUT2D eigenvalue weighted by atomic mass is 35.5. The molecule has 0 saturated heterocycles. The summed E-state index contributed by atoms with van der Waals surface area (Å²) in [5.41, 5.74) is 0.921. The fraction of sp³-hybridized carbons (Fsp3) is 0.562. The van der Waals surface area contributed by atoms with Crippen molar-refractivity contribution in [3.63, 3.8) is 0 Å². The van der Waals surface area contributed by atoms with E-state index in [1.54, 1.807) is 6.07 Å². The van der Waals surface area contributed by atoms with Crippen LogP contribution in [0.3, 0.4) is 0 Å². The van der Waals surface area contributed by atoms with Gasteiger partial charge < -0.3 is 14.6 Å². The van der Waals surface area contributed by atoms with Gasteiger partial charge >= 0.3 is 5.97 Å². The van der Waals surface area contributed by atoms with Crippen molar-refractivity contribution in [3.8, 4) is 11.5 Å². The van der Waals surface area contributed by atoms with Gasteiger partial charge in [-0.3, -0.25) is 4.79 Å². The van der Waals surface area contributed by atoms with Gasteiger partial charge in [0.25, 0.3) is 0 Å². The number of benzene rings is 1. The number of ether oxygens (including phenoxy) is 2. The summed E-state index contributed by atoms with van der Waals surface area (Å²) in [5.74, 6) is 0.499. The predicted octanol–water partition coefficient (Wildman–Crippen LogP) is 4.32. The minimum absolute atomic E-state index is 0.0197. The quantitative estimate of drug-likeness (QED) is 0.776. The molecule has 1 rings (SSSR count). The molecule has 0 unspecified atom stereocenters. The van der Waals surface area contributed by atoms with E-state index in [9.17, 15) is 4.79 Å². The number of rotatable bonds is 8. The maximum Gasteiger partial charge on any atom is 0.303 e. The van der Waals surface area contributed by atoms with Crippen LogP contribution in [0, 0.1) is 0 Å². The van der Waals surface area contributed by atoms with Gasteiger partial charge in [-0.15, -0.1) is 0 Å². The van der Waals surface area contributed by atoms with Crippen LogP contribution in [0.1, 0.15) is 46.1 Å². The molecule has 0 fully saturated rings. The van der Waals surface area contributed by atoms with Crippen LogP contribution in [-0.2, 0) is 11.2 Å². The fourth-order valence-corrected chi connectivity index (χ4v) is 2.11. The largest absolute Gasteiger partial charge is 0.491 e. The molecule has 0 aliphatic rings. The number of aliphatic carboxylic acids is 1. The van der Waals surface area contributed by atoms with E-state index in [4.69, 9.17) is 26.2 Å². The zero-order chi connectivity index (χ0) is 16.0. The molecule has 0 spiro atoms. The average molecular weight is 315 g/mol. The molecule has 0 bridgehead atoms. The lowest BCUT2D eigenvalue weighted by Crippen LogP contribution is -2.10. The van der Waals surface area contributed by atoms with E-state index in [1.807, 2.05) is 33.8 Å². The summed E-state index contributed by atoms with van der Waals surface area (Å²) >= 11 is 6.21. The number of carbonyl (C=O) groups is 1. The SMILES string of the molecule is CC(C)Oc1cc(CCCC(=O)O)c(OC(C)C)cc1Cl. The number of halogens is 1. The highest BCUT2D eigenvalue weighted by Crippen LogP contribution is 2.34. The number of carboxylic acid groups (broad SMARTS) is 1. The lowest BCUT2D eigenvalue weighted by atomic mass is 10.1. The van der Waals surface area contributed by atoms with Gasteiger partial charge in [-0.2, -0.15) is 0 Å². The second-order valence-electron chi connectivity index (χ2n) is 5.47. The fourth-order valence-electron chi connectivity index (χ4n) is 1.91. The van der Waals surface area contributed by atoms with Gasteiger partial charge in [0.2, 0.25) is 0 Å². The first-order chi connectivity index (χ1) is 9.79. The summed E-state index contributed by atoms with van der Waals surface area (Å²) in [6.45, 7) is 7.73. The van der Waals surface area contributed by atoms with Crippen LogP contribution in [-0.4, -0.2) is 23.3 Å². The molecule has 0 aliphatic carbocycles. The monoisotopic (exact) mass is 314 g/mol. The third-order valence-corrected chi connectivity index (χ3v) is 2.97. The first-order valence-corrected chi connectivity index (χ1v) is 7.55. The maximum atomic E-state index is 10.6. The van der Waals surface area contributed by atoms with Gasteiger partial charge in [-0.05, 0) is 52.2 Å². The average Bonchev–Trinajstić information content (AvgIpc) is 2.32. The Balaban J connectivity index is 2.99. The molecule has 118 valence electrons. The molecule has 5 heteroatoms. The van der Waals surface area contributed by atoms with E-state index in [1.165, 1.54) is 0 Å². The molecular formula is C16H23ClO4. The summed E-state index contributed by atoms with van der Waals surface area (Å²) in [5, 5.41) is 9.25. The van der Waals surface area contributed by atoms with Crippen molar-refractivity contribution in [2.24, 2.45) is 0 Å². The van der Waals surface area contributed by atoms with Crippen LogP contribution >= 0.6 is 11.6 Å². The molecule has 0 aromatic heterocycles. The lowest BCUT2D eigenvalue weighted by molar-refractivity contribution is -0.137. The lowest BCUT2D eigenvalue weighted by Gasteiger charge is -2.18. The minimum Gasteiger partial charge on any atom is -0.491 e. The van der Waals surface area contributed by atoms with Crippen LogP contribution in [0.15, 0.2) is 12.1 Å². The van der Waals surface area contributed by atoms with Crippen molar-refractivity contribution in [1.82, 2.24) is 0 Å². The number of hydrogen-bond donors (Lipinski definition) is 1. The molecule has 0 radical (unpaired) electrons. The second kappa shape index (κ2) is 8.13.